The van der Waals surface area contributed by atoms with E-state index in [1.54, 1.807) is 30.3 Å². The fraction of sp³-hybridized carbons (Fsp3) is 0.0588. The number of para-hydroxylation sites is 1. The molecular formula is C17H13BrN2O3. The molecule has 116 valence electrons. The molecule has 1 heterocycles. The normalized spacial score (nSPS) is 12.0. The number of halogens is 1. The minimum atomic E-state index is -1.14. The van der Waals surface area contributed by atoms with Crippen molar-refractivity contribution in [3.8, 4) is 0 Å². The second kappa shape index (κ2) is 6.26. The number of hydrogen-bond acceptors (Lipinski definition) is 3. The Morgan fingerprint density at radius 2 is 1.70 bits per heavy atom. The standard InChI is InChI=1S/C17H13BrN2O3/c18-13-11-8-4-5-9-12(11)20-14(13)17(22)23-15(16(19)21)10-6-2-1-3-7-10/h1-9,15,20H,(H2,19,21)/t15-/m1/s1. The highest BCUT2D eigenvalue weighted by atomic mass is 79.9. The van der Waals surface area contributed by atoms with Gasteiger partial charge in [-0.15, -0.1) is 0 Å². The monoisotopic (exact) mass is 372 g/mol. The van der Waals surface area contributed by atoms with Crippen LogP contribution in [0.3, 0.4) is 0 Å². The molecule has 23 heavy (non-hydrogen) atoms. The minimum absolute atomic E-state index is 0.244. The molecule has 0 spiro atoms. The second-order valence-corrected chi connectivity index (χ2v) is 5.75. The molecule has 3 N–H and O–H groups in total. The molecule has 0 fully saturated rings. The zero-order chi connectivity index (χ0) is 16.4. The Balaban J connectivity index is 1.92. The molecule has 2 aromatic carbocycles. The molecule has 0 unspecified atom stereocenters. The van der Waals surface area contributed by atoms with Crippen LogP contribution in [0.15, 0.2) is 59.1 Å². The van der Waals surface area contributed by atoms with Crippen molar-refractivity contribution >= 4 is 38.7 Å². The van der Waals surface area contributed by atoms with Crippen molar-refractivity contribution in [3.63, 3.8) is 0 Å². The van der Waals surface area contributed by atoms with Crippen molar-refractivity contribution in [3.05, 3.63) is 70.3 Å². The van der Waals surface area contributed by atoms with Crippen LogP contribution in [-0.2, 0) is 9.53 Å². The molecule has 1 atom stereocenters. The lowest BCUT2D eigenvalue weighted by Crippen LogP contribution is -2.26. The number of fused-ring (bicyclic) bond motifs is 1. The maximum atomic E-state index is 12.4. The molecule has 3 aromatic rings. The summed E-state index contributed by atoms with van der Waals surface area (Å²) < 4.78 is 5.91. The average molecular weight is 373 g/mol. The maximum absolute atomic E-state index is 12.4. The van der Waals surface area contributed by atoms with Crippen molar-refractivity contribution in [1.82, 2.24) is 4.98 Å². The number of esters is 1. The first-order valence-corrected chi connectivity index (χ1v) is 7.68. The number of rotatable bonds is 4. The van der Waals surface area contributed by atoms with Gasteiger partial charge in [-0.1, -0.05) is 48.5 Å². The molecule has 0 bridgehead atoms. The van der Waals surface area contributed by atoms with Gasteiger partial charge in [0.25, 0.3) is 5.91 Å². The van der Waals surface area contributed by atoms with Crippen molar-refractivity contribution < 1.29 is 14.3 Å². The van der Waals surface area contributed by atoms with Gasteiger partial charge in [-0.05, 0) is 22.0 Å². The highest BCUT2D eigenvalue weighted by Gasteiger charge is 2.25. The van der Waals surface area contributed by atoms with E-state index in [2.05, 4.69) is 20.9 Å². The summed E-state index contributed by atoms with van der Waals surface area (Å²) in [6.45, 7) is 0. The molecule has 0 aliphatic carbocycles. The minimum Gasteiger partial charge on any atom is -0.443 e. The van der Waals surface area contributed by atoms with Crippen LogP contribution in [0.5, 0.6) is 0 Å². The number of carbonyl (C=O) groups is 2. The van der Waals surface area contributed by atoms with Crippen molar-refractivity contribution in [2.24, 2.45) is 5.73 Å². The highest BCUT2D eigenvalue weighted by Crippen LogP contribution is 2.29. The van der Waals surface area contributed by atoms with Crippen molar-refractivity contribution in [1.29, 1.82) is 0 Å². The molecule has 1 aromatic heterocycles. The predicted molar refractivity (Wildman–Crippen MR) is 89.8 cm³/mol. The summed E-state index contributed by atoms with van der Waals surface area (Å²) in [4.78, 5) is 27.1. The van der Waals surface area contributed by atoms with Crippen LogP contribution >= 0.6 is 15.9 Å². The Bertz CT molecular complexity index is 874. The van der Waals surface area contributed by atoms with Crippen LogP contribution in [0.2, 0.25) is 0 Å². The van der Waals surface area contributed by atoms with Gasteiger partial charge in [0.2, 0.25) is 6.10 Å². The van der Waals surface area contributed by atoms with Gasteiger partial charge in [-0.25, -0.2) is 4.79 Å². The first-order chi connectivity index (χ1) is 11.1. The largest absolute Gasteiger partial charge is 0.443 e. The van der Waals surface area contributed by atoms with E-state index in [1.165, 1.54) is 0 Å². The third kappa shape index (κ3) is 2.98. The molecule has 6 heteroatoms. The quantitative estimate of drug-likeness (QED) is 0.688. The number of benzene rings is 2. The van der Waals surface area contributed by atoms with E-state index < -0.39 is 18.0 Å². The number of aromatic amines is 1. The van der Waals surface area contributed by atoms with Gasteiger partial charge >= 0.3 is 5.97 Å². The van der Waals surface area contributed by atoms with Gasteiger partial charge in [-0.3, -0.25) is 4.79 Å². The number of aromatic nitrogens is 1. The molecule has 0 saturated heterocycles. The summed E-state index contributed by atoms with van der Waals surface area (Å²) in [6, 6.07) is 16.1. The number of hydrogen-bond donors (Lipinski definition) is 2. The van der Waals surface area contributed by atoms with Gasteiger partial charge in [0.1, 0.15) is 5.69 Å². The van der Waals surface area contributed by atoms with Gasteiger partial charge in [0.05, 0.1) is 4.47 Å². The van der Waals surface area contributed by atoms with E-state index in [9.17, 15) is 9.59 Å². The number of carbonyl (C=O) groups excluding carboxylic acids is 2. The first kappa shape index (κ1) is 15.3. The molecule has 0 aliphatic rings. The summed E-state index contributed by atoms with van der Waals surface area (Å²) in [5.41, 5.74) is 6.94. The third-order valence-electron chi connectivity index (χ3n) is 3.43. The number of amides is 1. The molecule has 0 saturated carbocycles. The molecule has 1 amide bonds. The van der Waals surface area contributed by atoms with Crippen LogP contribution in [0.25, 0.3) is 10.9 Å². The summed E-state index contributed by atoms with van der Waals surface area (Å²) in [6.07, 6.45) is -1.14. The van der Waals surface area contributed by atoms with Crippen LogP contribution in [0.1, 0.15) is 22.2 Å². The zero-order valence-corrected chi connectivity index (χ0v) is 13.5. The number of nitrogens with two attached hydrogens (primary N) is 1. The topological polar surface area (TPSA) is 85.2 Å². The van der Waals surface area contributed by atoms with Gasteiger partial charge in [-0.2, -0.15) is 0 Å². The molecular weight excluding hydrogens is 360 g/mol. The van der Waals surface area contributed by atoms with E-state index in [4.69, 9.17) is 10.5 Å². The smallest absolute Gasteiger partial charge is 0.357 e. The first-order valence-electron chi connectivity index (χ1n) is 6.89. The van der Waals surface area contributed by atoms with E-state index in [0.29, 0.717) is 10.0 Å². The Kier molecular flexibility index (Phi) is 4.16. The molecule has 0 aliphatic heterocycles. The summed E-state index contributed by atoms with van der Waals surface area (Å²) in [7, 11) is 0. The fourth-order valence-electron chi connectivity index (χ4n) is 2.33. The highest BCUT2D eigenvalue weighted by molar-refractivity contribution is 9.10. The number of ether oxygens (including phenoxy) is 1. The molecule has 0 radical (unpaired) electrons. The van der Waals surface area contributed by atoms with E-state index in [0.717, 1.165) is 10.9 Å². The van der Waals surface area contributed by atoms with Crippen molar-refractivity contribution in [2.45, 2.75) is 6.10 Å². The van der Waals surface area contributed by atoms with E-state index in [1.807, 2.05) is 24.3 Å². The summed E-state index contributed by atoms with van der Waals surface area (Å²) in [5, 5.41) is 0.856. The van der Waals surface area contributed by atoms with Crippen LogP contribution in [0, 0.1) is 0 Å². The van der Waals surface area contributed by atoms with E-state index >= 15 is 0 Å². The zero-order valence-electron chi connectivity index (χ0n) is 12.0. The van der Waals surface area contributed by atoms with Crippen LogP contribution < -0.4 is 5.73 Å². The Labute approximate surface area is 140 Å². The second-order valence-electron chi connectivity index (χ2n) is 4.96. The predicted octanol–water partition coefficient (Wildman–Crippen LogP) is 3.31. The number of nitrogens with one attached hydrogen (secondary N) is 1. The Morgan fingerprint density at radius 3 is 2.35 bits per heavy atom. The molecule has 5 nitrogen and oxygen atoms in total. The van der Waals surface area contributed by atoms with Crippen LogP contribution in [0.4, 0.5) is 0 Å². The number of primary amides is 1. The van der Waals surface area contributed by atoms with Gasteiger partial charge < -0.3 is 15.5 Å². The average Bonchev–Trinajstić information content (AvgIpc) is 2.90. The third-order valence-corrected chi connectivity index (χ3v) is 4.26. The summed E-state index contributed by atoms with van der Waals surface area (Å²) in [5.74, 6) is -1.38. The van der Waals surface area contributed by atoms with Gasteiger partial charge in [0.15, 0.2) is 0 Å². The summed E-state index contributed by atoms with van der Waals surface area (Å²) >= 11 is 3.39. The Hall–Kier alpha value is -2.60. The SMILES string of the molecule is NC(=O)[C@H](OC(=O)c1[nH]c2ccccc2c1Br)c1ccccc1. The lowest BCUT2D eigenvalue weighted by atomic mass is 10.1. The van der Waals surface area contributed by atoms with Crippen molar-refractivity contribution in [2.75, 3.05) is 0 Å². The molecule has 3 rings (SSSR count). The Morgan fingerprint density at radius 1 is 1.04 bits per heavy atom. The lowest BCUT2D eigenvalue weighted by Gasteiger charge is -2.14. The maximum Gasteiger partial charge on any atom is 0.357 e. The van der Waals surface area contributed by atoms with E-state index in [-0.39, 0.29) is 5.69 Å². The van der Waals surface area contributed by atoms with Gasteiger partial charge in [0, 0.05) is 16.5 Å². The van der Waals surface area contributed by atoms with Crippen LogP contribution in [-0.4, -0.2) is 16.9 Å². The lowest BCUT2D eigenvalue weighted by molar-refractivity contribution is -0.127. The fourth-order valence-corrected chi connectivity index (χ4v) is 2.94. The number of H-pyrrole nitrogens is 1.